The quantitative estimate of drug-likeness (QED) is 0.912. The van der Waals surface area contributed by atoms with Crippen LogP contribution in [0.2, 0.25) is 0 Å². The van der Waals surface area contributed by atoms with Gasteiger partial charge in [-0.05, 0) is 26.0 Å². The summed E-state index contributed by atoms with van der Waals surface area (Å²) in [6.45, 7) is 4.57. The summed E-state index contributed by atoms with van der Waals surface area (Å²) < 4.78 is 14.7. The Hall–Kier alpha value is -1.10. The molecule has 1 unspecified atom stereocenters. The van der Waals surface area contributed by atoms with E-state index >= 15 is 0 Å². The minimum atomic E-state index is -0.222. The van der Waals surface area contributed by atoms with Crippen molar-refractivity contribution in [3.63, 3.8) is 0 Å². The molecule has 2 rings (SSSR count). The molecule has 1 aliphatic heterocycles. The second-order valence-corrected chi connectivity index (χ2v) is 5.30. The van der Waals surface area contributed by atoms with E-state index in [-0.39, 0.29) is 17.9 Å². The second-order valence-electron chi connectivity index (χ2n) is 4.38. The molecule has 0 aliphatic carbocycles. The van der Waals surface area contributed by atoms with Crippen LogP contribution in [-0.2, 0) is 0 Å². The van der Waals surface area contributed by atoms with Gasteiger partial charge < -0.3 is 10.6 Å². The number of nitrogens with two attached hydrogens (primary N) is 1. The third kappa shape index (κ3) is 2.29. The fraction of sp³-hybridized carbons (Fsp3) is 0.417. The van der Waals surface area contributed by atoms with E-state index in [0.29, 0.717) is 18.1 Å². The zero-order chi connectivity index (χ0) is 12.6. The van der Waals surface area contributed by atoms with Gasteiger partial charge in [-0.2, -0.15) is 0 Å². The van der Waals surface area contributed by atoms with Gasteiger partial charge in [-0.15, -0.1) is 0 Å². The first-order valence-electron chi connectivity index (χ1n) is 5.54. The molecule has 0 saturated carbocycles. The highest BCUT2D eigenvalue weighted by molar-refractivity contribution is 9.10. The summed E-state index contributed by atoms with van der Waals surface area (Å²) in [5.41, 5.74) is 6.48. The van der Waals surface area contributed by atoms with Crippen LogP contribution in [-0.4, -0.2) is 23.4 Å². The molecule has 17 heavy (non-hydrogen) atoms. The van der Waals surface area contributed by atoms with Crippen molar-refractivity contribution in [1.82, 2.24) is 4.90 Å². The molecule has 0 amide bonds. The van der Waals surface area contributed by atoms with Gasteiger partial charge in [0.15, 0.2) is 5.96 Å². The van der Waals surface area contributed by atoms with E-state index in [1.165, 1.54) is 6.07 Å². The van der Waals surface area contributed by atoms with Crippen LogP contribution in [0, 0.1) is 5.82 Å². The van der Waals surface area contributed by atoms with Crippen molar-refractivity contribution in [2.75, 3.05) is 6.54 Å². The average molecular weight is 300 g/mol. The second kappa shape index (κ2) is 4.64. The molecule has 0 saturated heterocycles. The Bertz CT molecular complexity index is 459. The molecular weight excluding hydrogens is 285 g/mol. The predicted molar refractivity (Wildman–Crippen MR) is 70.3 cm³/mol. The standard InChI is InChI=1S/C12H15BrFN3/c1-7(2)17-11(6-16-12(17)15)9-4-3-8(13)5-10(9)14/h3-5,7,11H,6H2,1-2H3,(H2,15,16). The molecule has 0 radical (unpaired) electrons. The van der Waals surface area contributed by atoms with Gasteiger partial charge >= 0.3 is 0 Å². The van der Waals surface area contributed by atoms with Crippen LogP contribution < -0.4 is 5.73 Å². The Morgan fingerprint density at radius 2 is 2.24 bits per heavy atom. The normalized spacial score (nSPS) is 19.9. The van der Waals surface area contributed by atoms with E-state index in [9.17, 15) is 4.39 Å². The fourth-order valence-corrected chi connectivity index (χ4v) is 2.49. The van der Waals surface area contributed by atoms with E-state index in [2.05, 4.69) is 20.9 Å². The molecule has 92 valence electrons. The van der Waals surface area contributed by atoms with Crippen molar-refractivity contribution in [2.45, 2.75) is 25.9 Å². The van der Waals surface area contributed by atoms with Crippen molar-refractivity contribution in [1.29, 1.82) is 0 Å². The fourth-order valence-electron chi connectivity index (χ4n) is 2.15. The minimum absolute atomic E-state index is 0.0944. The van der Waals surface area contributed by atoms with Crippen LogP contribution in [0.25, 0.3) is 0 Å². The molecule has 0 fully saturated rings. The monoisotopic (exact) mass is 299 g/mol. The van der Waals surface area contributed by atoms with Crippen molar-refractivity contribution in [3.05, 3.63) is 34.1 Å². The van der Waals surface area contributed by atoms with Crippen molar-refractivity contribution in [3.8, 4) is 0 Å². The number of rotatable bonds is 2. The van der Waals surface area contributed by atoms with Crippen LogP contribution in [0.3, 0.4) is 0 Å². The van der Waals surface area contributed by atoms with E-state index in [1.807, 2.05) is 24.8 Å². The lowest BCUT2D eigenvalue weighted by Gasteiger charge is -2.30. The lowest BCUT2D eigenvalue weighted by atomic mass is 10.0. The summed E-state index contributed by atoms with van der Waals surface area (Å²) in [5.74, 6) is 0.271. The Morgan fingerprint density at radius 3 is 2.82 bits per heavy atom. The van der Waals surface area contributed by atoms with Crippen LogP contribution >= 0.6 is 15.9 Å². The van der Waals surface area contributed by atoms with Gasteiger partial charge in [-0.3, -0.25) is 4.99 Å². The minimum Gasteiger partial charge on any atom is -0.370 e. The molecule has 0 bridgehead atoms. The number of guanidine groups is 1. The Morgan fingerprint density at radius 1 is 1.53 bits per heavy atom. The lowest BCUT2D eigenvalue weighted by Crippen LogP contribution is -2.41. The van der Waals surface area contributed by atoms with Crippen molar-refractivity contribution < 1.29 is 4.39 Å². The zero-order valence-corrected chi connectivity index (χ0v) is 11.4. The van der Waals surface area contributed by atoms with Crippen LogP contribution in [0.5, 0.6) is 0 Å². The maximum atomic E-state index is 13.9. The molecule has 1 heterocycles. The third-order valence-electron chi connectivity index (χ3n) is 2.90. The molecule has 1 aromatic rings. The molecule has 3 nitrogen and oxygen atoms in total. The molecule has 2 N–H and O–H groups in total. The SMILES string of the molecule is CC(C)N1C(N)=NCC1c1ccc(Br)cc1F. The summed E-state index contributed by atoms with van der Waals surface area (Å²) in [7, 11) is 0. The van der Waals surface area contributed by atoms with Crippen LogP contribution in [0.1, 0.15) is 25.5 Å². The number of benzene rings is 1. The molecule has 1 atom stereocenters. The van der Waals surface area contributed by atoms with Crippen molar-refractivity contribution in [2.24, 2.45) is 10.7 Å². The number of aliphatic imine (C=N–C) groups is 1. The Balaban J connectivity index is 2.35. The number of hydrogen-bond acceptors (Lipinski definition) is 3. The molecule has 1 aliphatic rings. The van der Waals surface area contributed by atoms with E-state index in [1.54, 1.807) is 6.07 Å². The first kappa shape index (κ1) is 12.4. The summed E-state index contributed by atoms with van der Waals surface area (Å²) >= 11 is 3.25. The van der Waals surface area contributed by atoms with Gasteiger partial charge in [0.25, 0.3) is 0 Å². The highest BCUT2D eigenvalue weighted by Gasteiger charge is 2.31. The summed E-state index contributed by atoms with van der Waals surface area (Å²) in [6, 6.07) is 5.21. The lowest BCUT2D eigenvalue weighted by molar-refractivity contribution is 0.284. The number of halogens is 2. The largest absolute Gasteiger partial charge is 0.370 e. The van der Waals surface area contributed by atoms with E-state index in [0.717, 1.165) is 4.47 Å². The van der Waals surface area contributed by atoms with Crippen LogP contribution in [0.15, 0.2) is 27.7 Å². The highest BCUT2D eigenvalue weighted by Crippen LogP contribution is 2.30. The first-order chi connectivity index (χ1) is 8.00. The first-order valence-corrected chi connectivity index (χ1v) is 6.33. The van der Waals surface area contributed by atoms with Gasteiger partial charge in [0.05, 0.1) is 12.6 Å². The summed E-state index contributed by atoms with van der Waals surface area (Å²) in [6.07, 6.45) is 0. The molecular formula is C12H15BrFN3. The molecule has 5 heteroatoms. The maximum absolute atomic E-state index is 13.9. The summed E-state index contributed by atoms with van der Waals surface area (Å²) in [4.78, 5) is 6.15. The summed E-state index contributed by atoms with van der Waals surface area (Å²) in [5, 5.41) is 0. The zero-order valence-electron chi connectivity index (χ0n) is 9.82. The van der Waals surface area contributed by atoms with Crippen molar-refractivity contribution >= 4 is 21.9 Å². The number of nitrogens with zero attached hydrogens (tertiary/aromatic N) is 2. The molecule has 0 aromatic heterocycles. The third-order valence-corrected chi connectivity index (χ3v) is 3.40. The maximum Gasteiger partial charge on any atom is 0.192 e. The average Bonchev–Trinajstić information content (AvgIpc) is 2.60. The Labute approximate surface area is 109 Å². The molecule has 0 spiro atoms. The molecule has 1 aromatic carbocycles. The van der Waals surface area contributed by atoms with E-state index < -0.39 is 0 Å². The van der Waals surface area contributed by atoms with Crippen LogP contribution in [0.4, 0.5) is 4.39 Å². The topological polar surface area (TPSA) is 41.6 Å². The Kier molecular flexibility index (Phi) is 3.38. The van der Waals surface area contributed by atoms with Gasteiger partial charge in [0.2, 0.25) is 0 Å². The van der Waals surface area contributed by atoms with Gasteiger partial charge in [-0.1, -0.05) is 22.0 Å². The van der Waals surface area contributed by atoms with E-state index in [4.69, 9.17) is 5.73 Å². The predicted octanol–water partition coefficient (Wildman–Crippen LogP) is 2.67. The number of hydrogen-bond donors (Lipinski definition) is 1. The van der Waals surface area contributed by atoms with Gasteiger partial charge in [0, 0.05) is 16.1 Å². The van der Waals surface area contributed by atoms with Gasteiger partial charge in [-0.25, -0.2) is 4.39 Å². The van der Waals surface area contributed by atoms with Gasteiger partial charge in [0.1, 0.15) is 5.82 Å². The highest BCUT2D eigenvalue weighted by atomic mass is 79.9. The smallest absolute Gasteiger partial charge is 0.192 e.